The Balaban J connectivity index is 1.37. The Labute approximate surface area is 198 Å². The fraction of sp³-hybridized carbons (Fsp3) is 0.308. The number of anilines is 1. The van der Waals surface area contributed by atoms with Gasteiger partial charge in [0, 0.05) is 30.3 Å². The van der Waals surface area contributed by atoms with Crippen molar-refractivity contribution in [3.05, 3.63) is 64.7 Å². The summed E-state index contributed by atoms with van der Waals surface area (Å²) in [6.07, 6.45) is 1.87. The maximum atomic E-state index is 12.6. The second-order valence-electron chi connectivity index (χ2n) is 8.99. The van der Waals surface area contributed by atoms with Gasteiger partial charge in [-0.15, -0.1) is 0 Å². The van der Waals surface area contributed by atoms with Crippen molar-refractivity contribution in [2.75, 3.05) is 31.6 Å². The number of carbonyl (C=O) groups excluding carboxylic acids is 3. The minimum Gasteiger partial charge on any atom is -0.465 e. The van der Waals surface area contributed by atoms with Crippen LogP contribution in [-0.2, 0) is 4.74 Å². The molecule has 7 nitrogen and oxygen atoms in total. The van der Waals surface area contributed by atoms with Gasteiger partial charge in [-0.3, -0.25) is 14.5 Å². The molecule has 3 aliphatic rings. The van der Waals surface area contributed by atoms with Gasteiger partial charge in [0.1, 0.15) is 0 Å². The lowest BCUT2D eigenvalue weighted by Crippen LogP contribution is -2.30. The minimum atomic E-state index is -0.494. The van der Waals surface area contributed by atoms with Crippen LogP contribution in [0.4, 0.5) is 5.69 Å². The first kappa shape index (κ1) is 21.8. The number of hydrogen-bond donors (Lipinski definition) is 0. The average molecular weight is 451 g/mol. The maximum Gasteiger partial charge on any atom is 0.339 e. The Bertz CT molecular complexity index is 1260. The van der Waals surface area contributed by atoms with Gasteiger partial charge < -0.3 is 9.64 Å². The van der Waals surface area contributed by atoms with Crippen LogP contribution < -0.4 is 4.90 Å². The van der Waals surface area contributed by atoms with E-state index in [2.05, 4.69) is 22.7 Å². The first-order valence-corrected chi connectivity index (χ1v) is 11.3. The molecule has 2 amide bonds. The molecule has 0 radical (unpaired) electrons. The molecule has 0 aliphatic carbocycles. The monoisotopic (exact) mass is 451 g/mol. The molecule has 2 aromatic rings. The number of hydrogen-bond acceptors (Lipinski definition) is 6. The van der Waals surface area contributed by atoms with Crippen LogP contribution in [0.1, 0.15) is 36.6 Å². The van der Waals surface area contributed by atoms with Crippen LogP contribution in [0.5, 0.6) is 0 Å². The standard InChI is InChI=1S/C26H22BN3O4/c1-34-26(33)21-9-8-20(29-14-18-12-27(16-28)13-19(18)15-29)11-17(21)5-4-10-30-24(31)22-6-2-3-7-23(22)25(30)32/h2-3,6-9,11,18-19H,10,12-15H2,1H3. The average Bonchev–Trinajstić information content (AvgIpc) is 3.50. The van der Waals surface area contributed by atoms with Crippen molar-refractivity contribution in [2.24, 2.45) is 11.8 Å². The van der Waals surface area contributed by atoms with Crippen molar-refractivity contribution in [1.82, 2.24) is 4.90 Å². The van der Waals surface area contributed by atoms with Gasteiger partial charge in [0.05, 0.1) is 30.3 Å². The van der Waals surface area contributed by atoms with Gasteiger partial charge in [-0.2, -0.15) is 0 Å². The Morgan fingerprint density at radius 1 is 1.09 bits per heavy atom. The third-order valence-corrected chi connectivity index (χ3v) is 7.05. The summed E-state index contributed by atoms with van der Waals surface area (Å²) >= 11 is 0. The highest BCUT2D eigenvalue weighted by Gasteiger charge is 2.43. The molecule has 0 bridgehead atoms. The zero-order chi connectivity index (χ0) is 23.8. The highest BCUT2D eigenvalue weighted by Crippen LogP contribution is 2.40. The summed E-state index contributed by atoms with van der Waals surface area (Å²) < 4.78 is 4.91. The number of carbonyl (C=O) groups is 3. The number of nitriles is 1. The number of esters is 1. The van der Waals surface area contributed by atoms with E-state index in [-0.39, 0.29) is 25.1 Å². The quantitative estimate of drug-likeness (QED) is 0.309. The van der Waals surface area contributed by atoms with E-state index < -0.39 is 5.97 Å². The molecule has 0 N–H and O–H groups in total. The molecule has 168 valence electrons. The summed E-state index contributed by atoms with van der Waals surface area (Å²) in [5.74, 6) is 8.08. The Kier molecular flexibility index (Phi) is 5.59. The number of nitrogens with zero attached hydrogens (tertiary/aromatic N) is 3. The highest BCUT2D eigenvalue weighted by atomic mass is 16.5. The topological polar surface area (TPSA) is 90.7 Å². The fourth-order valence-corrected chi connectivity index (χ4v) is 5.33. The van der Waals surface area contributed by atoms with Crippen molar-refractivity contribution in [3.8, 4) is 17.8 Å². The lowest BCUT2D eigenvalue weighted by atomic mass is 9.49. The SMILES string of the molecule is COC(=O)c1ccc(N2CC3CB(C#N)CC3C2)cc1C#CCN1C(=O)c2ccccc2C1=O. The molecule has 0 aromatic heterocycles. The Hall–Kier alpha value is -4.04. The molecular weight excluding hydrogens is 429 g/mol. The molecule has 3 aliphatic heterocycles. The van der Waals surface area contributed by atoms with Gasteiger partial charge in [0.2, 0.25) is 0 Å². The van der Waals surface area contributed by atoms with Crippen LogP contribution in [0, 0.1) is 34.9 Å². The van der Waals surface area contributed by atoms with Gasteiger partial charge in [0.25, 0.3) is 18.5 Å². The van der Waals surface area contributed by atoms with Crippen LogP contribution >= 0.6 is 0 Å². The number of imide groups is 1. The molecule has 2 aromatic carbocycles. The summed E-state index contributed by atoms with van der Waals surface area (Å²) in [6, 6.07) is 12.2. The van der Waals surface area contributed by atoms with Crippen LogP contribution in [0.25, 0.3) is 0 Å². The summed E-state index contributed by atoms with van der Waals surface area (Å²) in [4.78, 5) is 40.9. The van der Waals surface area contributed by atoms with Gasteiger partial charge >= 0.3 is 5.97 Å². The highest BCUT2D eigenvalue weighted by molar-refractivity contribution is 6.67. The molecule has 0 spiro atoms. The van der Waals surface area contributed by atoms with E-state index in [0.29, 0.717) is 34.1 Å². The molecule has 34 heavy (non-hydrogen) atoms. The first-order valence-electron chi connectivity index (χ1n) is 11.3. The summed E-state index contributed by atoms with van der Waals surface area (Å²) in [7, 11) is 1.32. The molecular formula is C26H22BN3O4. The van der Waals surface area contributed by atoms with E-state index in [0.717, 1.165) is 36.3 Å². The minimum absolute atomic E-state index is 0.0689. The normalized spacial score (nSPS) is 20.5. The van der Waals surface area contributed by atoms with Crippen molar-refractivity contribution in [2.45, 2.75) is 12.6 Å². The molecule has 2 saturated heterocycles. The van der Waals surface area contributed by atoms with Gasteiger partial charge in [-0.25, -0.2) is 10.1 Å². The predicted molar refractivity (Wildman–Crippen MR) is 127 cm³/mol. The number of fused-ring (bicyclic) bond motifs is 2. The molecule has 2 atom stereocenters. The number of amides is 2. The lowest BCUT2D eigenvalue weighted by Gasteiger charge is -2.20. The van der Waals surface area contributed by atoms with Crippen LogP contribution in [0.15, 0.2) is 42.5 Å². The van der Waals surface area contributed by atoms with Crippen molar-refractivity contribution in [1.29, 1.82) is 5.26 Å². The van der Waals surface area contributed by atoms with Gasteiger partial charge in [0.15, 0.2) is 0 Å². The lowest BCUT2D eigenvalue weighted by molar-refractivity contribution is 0.0598. The number of ether oxygens (including phenoxy) is 1. The number of methoxy groups -OCH3 is 1. The Morgan fingerprint density at radius 3 is 2.32 bits per heavy atom. The van der Waals surface area contributed by atoms with Crippen molar-refractivity contribution < 1.29 is 19.1 Å². The molecule has 8 heteroatoms. The van der Waals surface area contributed by atoms with E-state index in [1.165, 1.54) is 7.11 Å². The second kappa shape index (κ2) is 8.72. The van der Waals surface area contributed by atoms with E-state index >= 15 is 0 Å². The van der Waals surface area contributed by atoms with Crippen LogP contribution in [-0.4, -0.2) is 56.1 Å². The molecule has 0 saturated carbocycles. The summed E-state index contributed by atoms with van der Waals surface area (Å²) in [6.45, 7) is 1.84. The predicted octanol–water partition coefficient (Wildman–Crippen LogP) is 2.74. The smallest absolute Gasteiger partial charge is 0.339 e. The first-order chi connectivity index (χ1) is 16.5. The van der Waals surface area contributed by atoms with Crippen molar-refractivity contribution >= 4 is 30.2 Å². The van der Waals surface area contributed by atoms with Gasteiger partial charge in [-0.05, 0) is 42.2 Å². The second-order valence-corrected chi connectivity index (χ2v) is 8.99. The fourth-order valence-electron chi connectivity index (χ4n) is 5.33. The molecule has 2 unspecified atom stereocenters. The van der Waals surface area contributed by atoms with E-state index in [1.807, 2.05) is 12.1 Å². The van der Waals surface area contributed by atoms with E-state index in [4.69, 9.17) is 4.74 Å². The van der Waals surface area contributed by atoms with Crippen LogP contribution in [0.3, 0.4) is 0 Å². The molecule has 3 heterocycles. The summed E-state index contributed by atoms with van der Waals surface area (Å²) in [5, 5.41) is 9.22. The Morgan fingerprint density at radius 2 is 1.74 bits per heavy atom. The van der Waals surface area contributed by atoms with E-state index in [9.17, 15) is 19.6 Å². The molecule has 5 rings (SSSR count). The largest absolute Gasteiger partial charge is 0.465 e. The van der Waals surface area contributed by atoms with Gasteiger partial charge in [-0.1, -0.05) is 36.6 Å². The summed E-state index contributed by atoms with van der Waals surface area (Å²) in [5.41, 5.74) is 2.55. The maximum absolute atomic E-state index is 12.6. The zero-order valence-electron chi connectivity index (χ0n) is 18.8. The van der Waals surface area contributed by atoms with Crippen molar-refractivity contribution in [3.63, 3.8) is 0 Å². The molecule has 2 fully saturated rings. The van der Waals surface area contributed by atoms with Crippen LogP contribution in [0.2, 0.25) is 12.6 Å². The van der Waals surface area contributed by atoms with E-state index in [1.54, 1.807) is 30.3 Å². The third-order valence-electron chi connectivity index (χ3n) is 7.05. The zero-order valence-corrected chi connectivity index (χ0v) is 18.8. The third kappa shape index (κ3) is 3.72. The number of benzene rings is 2. The number of rotatable bonds is 3.